The Labute approximate surface area is 162 Å². The summed E-state index contributed by atoms with van der Waals surface area (Å²) in [7, 11) is -3.41. The average molecular weight is 389 g/mol. The van der Waals surface area contributed by atoms with Crippen molar-refractivity contribution in [3.63, 3.8) is 0 Å². The lowest BCUT2D eigenvalue weighted by atomic mass is 10.1. The summed E-state index contributed by atoms with van der Waals surface area (Å²) in [5.74, 6) is -0.113. The first-order chi connectivity index (χ1) is 12.7. The molecule has 0 heterocycles. The molecule has 0 unspecified atom stereocenters. The van der Waals surface area contributed by atoms with E-state index in [1.165, 1.54) is 10.6 Å². The quantitative estimate of drug-likeness (QED) is 0.742. The second kappa shape index (κ2) is 9.04. The molecule has 5 nitrogen and oxygen atoms in total. The van der Waals surface area contributed by atoms with Crippen LogP contribution in [0.1, 0.15) is 36.5 Å². The maximum absolute atomic E-state index is 12.2. The first-order valence-electron chi connectivity index (χ1n) is 9.14. The molecule has 2 rings (SSSR count). The summed E-state index contributed by atoms with van der Waals surface area (Å²) in [4.78, 5) is 12.2. The molecule has 0 fully saturated rings. The van der Waals surface area contributed by atoms with Gasteiger partial charge in [0.2, 0.25) is 15.9 Å². The predicted molar refractivity (Wildman–Crippen MR) is 112 cm³/mol. The molecule has 0 aliphatic rings. The first kappa shape index (κ1) is 21.0. The van der Waals surface area contributed by atoms with Crippen molar-refractivity contribution in [1.29, 1.82) is 0 Å². The van der Waals surface area contributed by atoms with E-state index in [0.29, 0.717) is 12.1 Å². The maximum atomic E-state index is 12.2. The van der Waals surface area contributed by atoms with E-state index in [1.807, 2.05) is 56.3 Å². The van der Waals surface area contributed by atoms with Crippen LogP contribution in [0.15, 0.2) is 42.5 Å². The first-order valence-corrected chi connectivity index (χ1v) is 11.0. The number of sulfonamides is 1. The van der Waals surface area contributed by atoms with Gasteiger partial charge in [0.25, 0.3) is 0 Å². The Bertz CT molecular complexity index is 890. The van der Waals surface area contributed by atoms with Crippen LogP contribution < -0.4 is 9.62 Å². The van der Waals surface area contributed by atoms with Gasteiger partial charge in [-0.25, -0.2) is 8.42 Å². The van der Waals surface area contributed by atoms with Crippen molar-refractivity contribution >= 4 is 27.3 Å². The molecule has 0 aliphatic carbocycles. The van der Waals surface area contributed by atoms with Gasteiger partial charge in [-0.2, -0.15) is 0 Å². The lowest BCUT2D eigenvalue weighted by Gasteiger charge is -2.22. The Morgan fingerprint density at radius 1 is 1.07 bits per heavy atom. The normalized spacial score (nSPS) is 11.3. The van der Waals surface area contributed by atoms with E-state index in [9.17, 15) is 13.2 Å². The zero-order chi connectivity index (χ0) is 20.0. The van der Waals surface area contributed by atoms with Gasteiger partial charge in [0, 0.05) is 18.7 Å². The van der Waals surface area contributed by atoms with Crippen LogP contribution in [0.4, 0.5) is 11.4 Å². The topological polar surface area (TPSA) is 66.5 Å². The number of rotatable bonds is 8. The van der Waals surface area contributed by atoms with Crippen LogP contribution >= 0.6 is 0 Å². The van der Waals surface area contributed by atoms with Gasteiger partial charge in [0.05, 0.1) is 11.9 Å². The van der Waals surface area contributed by atoms with Gasteiger partial charge < -0.3 is 5.32 Å². The third-order valence-corrected chi connectivity index (χ3v) is 5.66. The van der Waals surface area contributed by atoms with Gasteiger partial charge in [-0.15, -0.1) is 0 Å². The molecule has 0 aliphatic heterocycles. The fourth-order valence-corrected chi connectivity index (χ4v) is 3.82. The summed E-state index contributed by atoms with van der Waals surface area (Å²) in [5, 5.41) is 2.91. The molecule has 2 aromatic rings. The zero-order valence-electron chi connectivity index (χ0n) is 16.5. The SMILES string of the molecule is CCc1ccc(N(CCCC(=O)Nc2cc(C)ccc2C)S(C)(=O)=O)cc1. The third kappa shape index (κ3) is 6.10. The van der Waals surface area contributed by atoms with Crippen LogP contribution in [0.5, 0.6) is 0 Å². The summed E-state index contributed by atoms with van der Waals surface area (Å²) in [5.41, 5.74) is 4.66. The van der Waals surface area contributed by atoms with Crippen molar-refractivity contribution < 1.29 is 13.2 Å². The van der Waals surface area contributed by atoms with Crippen LogP contribution in [0.25, 0.3) is 0 Å². The van der Waals surface area contributed by atoms with Gasteiger partial charge in [0.1, 0.15) is 0 Å². The van der Waals surface area contributed by atoms with E-state index in [4.69, 9.17) is 0 Å². The highest BCUT2D eigenvalue weighted by Gasteiger charge is 2.17. The number of amides is 1. The van der Waals surface area contributed by atoms with E-state index in [-0.39, 0.29) is 18.9 Å². The van der Waals surface area contributed by atoms with Gasteiger partial charge in [-0.1, -0.05) is 31.2 Å². The summed E-state index contributed by atoms with van der Waals surface area (Å²) < 4.78 is 25.7. The van der Waals surface area contributed by atoms with E-state index in [1.54, 1.807) is 0 Å². The molecule has 146 valence electrons. The number of hydrogen-bond acceptors (Lipinski definition) is 3. The van der Waals surface area contributed by atoms with Crippen molar-refractivity contribution in [2.24, 2.45) is 0 Å². The maximum Gasteiger partial charge on any atom is 0.232 e. The largest absolute Gasteiger partial charge is 0.326 e. The highest BCUT2D eigenvalue weighted by Crippen LogP contribution is 2.20. The van der Waals surface area contributed by atoms with Crippen molar-refractivity contribution in [2.75, 3.05) is 22.4 Å². The molecule has 6 heteroatoms. The van der Waals surface area contributed by atoms with Crippen molar-refractivity contribution in [3.05, 3.63) is 59.2 Å². The van der Waals surface area contributed by atoms with Crippen molar-refractivity contribution in [3.8, 4) is 0 Å². The molecule has 27 heavy (non-hydrogen) atoms. The minimum absolute atomic E-state index is 0.113. The Hall–Kier alpha value is -2.34. The van der Waals surface area contributed by atoms with Crippen LogP contribution in [0.2, 0.25) is 0 Å². The molecule has 0 bridgehead atoms. The lowest BCUT2D eigenvalue weighted by molar-refractivity contribution is -0.116. The minimum Gasteiger partial charge on any atom is -0.326 e. The van der Waals surface area contributed by atoms with Crippen LogP contribution in [0.3, 0.4) is 0 Å². The monoisotopic (exact) mass is 388 g/mol. The molecular formula is C21H28N2O3S. The van der Waals surface area contributed by atoms with Gasteiger partial charge in [0.15, 0.2) is 0 Å². The lowest BCUT2D eigenvalue weighted by Crippen LogP contribution is -2.31. The molecule has 0 saturated carbocycles. The number of nitrogens with one attached hydrogen (secondary N) is 1. The molecule has 0 atom stereocenters. The van der Waals surface area contributed by atoms with Crippen LogP contribution in [0, 0.1) is 13.8 Å². The molecule has 0 saturated heterocycles. The number of carbonyl (C=O) groups excluding carboxylic acids is 1. The van der Waals surface area contributed by atoms with Crippen molar-refractivity contribution in [2.45, 2.75) is 40.0 Å². The molecule has 2 aromatic carbocycles. The Morgan fingerprint density at radius 2 is 1.74 bits per heavy atom. The Kier molecular flexibility index (Phi) is 7.02. The summed E-state index contributed by atoms with van der Waals surface area (Å²) in [6, 6.07) is 13.4. The van der Waals surface area contributed by atoms with E-state index in [0.717, 1.165) is 28.8 Å². The second-order valence-electron chi connectivity index (χ2n) is 6.83. The molecular weight excluding hydrogens is 360 g/mol. The number of nitrogens with zero attached hydrogens (tertiary/aromatic N) is 1. The van der Waals surface area contributed by atoms with Gasteiger partial charge >= 0.3 is 0 Å². The van der Waals surface area contributed by atoms with Gasteiger partial charge in [-0.05, 0) is 61.6 Å². The summed E-state index contributed by atoms with van der Waals surface area (Å²) in [6.07, 6.45) is 2.79. The highest BCUT2D eigenvalue weighted by atomic mass is 32.2. The predicted octanol–water partition coefficient (Wildman–Crippen LogP) is 4.05. The van der Waals surface area contributed by atoms with Crippen LogP contribution in [-0.2, 0) is 21.2 Å². The number of carbonyl (C=O) groups is 1. The van der Waals surface area contributed by atoms with Crippen LogP contribution in [-0.4, -0.2) is 27.1 Å². The van der Waals surface area contributed by atoms with E-state index < -0.39 is 10.0 Å². The fraction of sp³-hybridized carbons (Fsp3) is 0.381. The highest BCUT2D eigenvalue weighted by molar-refractivity contribution is 7.92. The number of anilines is 2. The minimum atomic E-state index is -3.41. The molecule has 0 spiro atoms. The zero-order valence-corrected chi connectivity index (χ0v) is 17.3. The summed E-state index contributed by atoms with van der Waals surface area (Å²) in [6.45, 7) is 6.24. The standard InChI is InChI=1S/C21H28N2O3S/c1-5-18-10-12-19(13-11-18)23(27(4,25)26)14-6-7-21(24)22-20-15-16(2)8-9-17(20)3/h8-13,15H,5-7,14H2,1-4H3,(H,22,24). The third-order valence-electron chi connectivity index (χ3n) is 4.47. The molecule has 0 radical (unpaired) electrons. The molecule has 1 amide bonds. The average Bonchev–Trinajstić information content (AvgIpc) is 2.61. The van der Waals surface area contributed by atoms with Gasteiger partial charge in [-0.3, -0.25) is 9.10 Å². The smallest absolute Gasteiger partial charge is 0.232 e. The number of hydrogen-bond donors (Lipinski definition) is 1. The molecule has 1 N–H and O–H groups in total. The van der Waals surface area contributed by atoms with E-state index >= 15 is 0 Å². The second-order valence-corrected chi connectivity index (χ2v) is 8.73. The number of aryl methyl sites for hydroxylation is 3. The Morgan fingerprint density at radius 3 is 2.33 bits per heavy atom. The Balaban J connectivity index is 1.98. The molecule has 0 aromatic heterocycles. The summed E-state index contributed by atoms with van der Waals surface area (Å²) >= 11 is 0. The fourth-order valence-electron chi connectivity index (χ4n) is 2.85. The van der Waals surface area contributed by atoms with E-state index in [2.05, 4.69) is 12.2 Å². The van der Waals surface area contributed by atoms with Crippen molar-refractivity contribution in [1.82, 2.24) is 0 Å². The number of benzene rings is 2.